The Morgan fingerprint density at radius 3 is 1.81 bits per heavy atom. The van der Waals surface area contributed by atoms with Crippen LogP contribution in [0.4, 0.5) is 5.69 Å². The molecule has 0 aliphatic heterocycles. The molecule has 5 rings (SSSR count). The molecular weight excluding hydrogens is 446 g/mol. The van der Waals surface area contributed by atoms with Crippen LogP contribution in [0.5, 0.6) is 0 Å². The second-order valence-electron chi connectivity index (χ2n) is 10.8. The second-order valence-corrected chi connectivity index (χ2v) is 10.8. The van der Waals surface area contributed by atoms with Gasteiger partial charge in [-0.3, -0.25) is 0 Å². The Hall–Kier alpha value is -4.10. The van der Waals surface area contributed by atoms with Crippen LogP contribution in [0.1, 0.15) is 55.5 Å². The molecule has 4 aromatic rings. The molecular formula is C36H35N. The lowest BCUT2D eigenvalue weighted by Gasteiger charge is -2.34. The summed E-state index contributed by atoms with van der Waals surface area (Å²) in [6.45, 7) is 13.3. The predicted octanol–water partition coefficient (Wildman–Crippen LogP) is 9.29. The molecule has 1 aliphatic carbocycles. The molecule has 184 valence electrons. The molecule has 0 spiro atoms. The molecule has 0 fully saturated rings. The highest BCUT2D eigenvalue weighted by atomic mass is 14.9. The Balaban J connectivity index is 1.68. The summed E-state index contributed by atoms with van der Waals surface area (Å²) >= 11 is 0. The average molecular weight is 482 g/mol. The maximum absolute atomic E-state index is 4.45. The SMILES string of the molecule is C=C(/C=C1\C(=C/C)c2ccccc2C1(c1ccccc1)c1ccccc1)Nc1ccc(C(C)(C)C)cc1. The number of allylic oxidation sites excluding steroid dienone is 4. The van der Waals surface area contributed by atoms with Crippen LogP contribution in [0.2, 0.25) is 0 Å². The lowest BCUT2D eigenvalue weighted by molar-refractivity contribution is 0.590. The molecule has 0 amide bonds. The zero-order chi connectivity index (χ0) is 26.0. The standard InChI is InChI=1S/C36H35N/c1-6-31-32-19-13-14-20-33(32)36(28-15-9-7-10-16-28,29-17-11-8-12-18-29)34(31)25-26(2)37-30-23-21-27(22-24-30)35(3,4)5/h6-25,37H,2H2,1,3-5H3/b31-6-,34-25+. The van der Waals surface area contributed by atoms with Gasteiger partial charge in [-0.1, -0.05) is 130 Å². The summed E-state index contributed by atoms with van der Waals surface area (Å²) in [4.78, 5) is 0. The third kappa shape index (κ3) is 4.36. The van der Waals surface area contributed by atoms with Crippen LogP contribution in [-0.2, 0) is 10.8 Å². The third-order valence-electron chi connectivity index (χ3n) is 7.39. The minimum absolute atomic E-state index is 0.124. The molecule has 0 saturated heterocycles. The van der Waals surface area contributed by atoms with E-state index in [9.17, 15) is 0 Å². The summed E-state index contributed by atoms with van der Waals surface area (Å²) < 4.78 is 0. The van der Waals surface area contributed by atoms with Crippen LogP contribution in [0, 0.1) is 0 Å². The zero-order valence-electron chi connectivity index (χ0n) is 22.3. The van der Waals surface area contributed by atoms with Crippen LogP contribution >= 0.6 is 0 Å². The zero-order valence-corrected chi connectivity index (χ0v) is 22.3. The summed E-state index contributed by atoms with van der Waals surface area (Å²) in [6.07, 6.45) is 4.48. The fourth-order valence-corrected chi connectivity index (χ4v) is 5.65. The predicted molar refractivity (Wildman–Crippen MR) is 159 cm³/mol. The van der Waals surface area contributed by atoms with E-state index < -0.39 is 5.41 Å². The number of rotatable bonds is 5. The van der Waals surface area contributed by atoms with Gasteiger partial charge in [-0.15, -0.1) is 0 Å². The average Bonchev–Trinajstić information content (AvgIpc) is 3.19. The lowest BCUT2D eigenvalue weighted by Crippen LogP contribution is -2.29. The quantitative estimate of drug-likeness (QED) is 0.299. The largest absolute Gasteiger partial charge is 0.356 e. The fraction of sp³-hybridized carbons (Fsp3) is 0.167. The van der Waals surface area contributed by atoms with Crippen LogP contribution < -0.4 is 5.32 Å². The van der Waals surface area contributed by atoms with E-state index >= 15 is 0 Å². The first-order valence-electron chi connectivity index (χ1n) is 13.0. The molecule has 37 heavy (non-hydrogen) atoms. The molecule has 0 heterocycles. The van der Waals surface area contributed by atoms with Crippen molar-refractivity contribution in [2.75, 3.05) is 5.32 Å². The van der Waals surface area contributed by atoms with E-state index in [4.69, 9.17) is 0 Å². The Bertz CT molecular complexity index is 1420. The number of benzene rings is 4. The molecule has 1 nitrogen and oxygen atoms in total. The minimum atomic E-state index is -0.443. The third-order valence-corrected chi connectivity index (χ3v) is 7.39. The summed E-state index contributed by atoms with van der Waals surface area (Å²) in [6, 6.07) is 39.2. The summed E-state index contributed by atoms with van der Waals surface area (Å²) in [5, 5.41) is 3.56. The molecule has 4 aromatic carbocycles. The molecule has 1 N–H and O–H groups in total. The van der Waals surface area contributed by atoms with Crippen molar-refractivity contribution in [2.24, 2.45) is 0 Å². The highest BCUT2D eigenvalue weighted by Crippen LogP contribution is 2.57. The maximum Gasteiger partial charge on any atom is 0.0714 e. The van der Waals surface area contributed by atoms with Gasteiger partial charge in [0.05, 0.1) is 5.41 Å². The van der Waals surface area contributed by atoms with Gasteiger partial charge in [0, 0.05) is 11.4 Å². The van der Waals surface area contributed by atoms with Crippen molar-refractivity contribution in [1.82, 2.24) is 0 Å². The van der Waals surface area contributed by atoms with Crippen molar-refractivity contribution in [3.8, 4) is 0 Å². The molecule has 0 aromatic heterocycles. The number of hydrogen-bond acceptors (Lipinski definition) is 1. The molecule has 0 saturated carbocycles. The Kier molecular flexibility index (Phi) is 6.48. The molecule has 0 unspecified atom stereocenters. The van der Waals surface area contributed by atoms with Crippen molar-refractivity contribution < 1.29 is 0 Å². The highest BCUT2D eigenvalue weighted by molar-refractivity contribution is 5.94. The van der Waals surface area contributed by atoms with Crippen LogP contribution in [-0.4, -0.2) is 0 Å². The lowest BCUT2D eigenvalue weighted by atomic mass is 9.67. The number of fused-ring (bicyclic) bond motifs is 1. The van der Waals surface area contributed by atoms with Gasteiger partial charge in [0.2, 0.25) is 0 Å². The Morgan fingerprint density at radius 2 is 1.27 bits per heavy atom. The van der Waals surface area contributed by atoms with Gasteiger partial charge in [-0.25, -0.2) is 0 Å². The van der Waals surface area contributed by atoms with Gasteiger partial charge in [0.15, 0.2) is 0 Å². The summed E-state index contributed by atoms with van der Waals surface area (Å²) in [5.74, 6) is 0. The number of nitrogens with one attached hydrogen (secondary N) is 1. The van der Waals surface area contributed by atoms with Crippen molar-refractivity contribution in [1.29, 1.82) is 0 Å². The second kappa shape index (κ2) is 9.75. The smallest absolute Gasteiger partial charge is 0.0714 e. The minimum Gasteiger partial charge on any atom is -0.356 e. The molecule has 0 radical (unpaired) electrons. The number of hydrogen-bond donors (Lipinski definition) is 1. The first-order valence-corrected chi connectivity index (χ1v) is 13.0. The Labute approximate surface area is 221 Å². The number of anilines is 1. The van der Waals surface area contributed by atoms with E-state index in [1.54, 1.807) is 0 Å². The Morgan fingerprint density at radius 1 is 0.730 bits per heavy atom. The molecule has 0 bridgehead atoms. The molecule has 1 aliphatic rings. The van der Waals surface area contributed by atoms with Crippen LogP contribution in [0.3, 0.4) is 0 Å². The van der Waals surface area contributed by atoms with E-state index in [0.29, 0.717) is 0 Å². The van der Waals surface area contributed by atoms with Crippen molar-refractivity contribution in [3.63, 3.8) is 0 Å². The van der Waals surface area contributed by atoms with Crippen molar-refractivity contribution in [2.45, 2.75) is 38.5 Å². The van der Waals surface area contributed by atoms with Crippen molar-refractivity contribution in [3.05, 3.63) is 167 Å². The fourth-order valence-electron chi connectivity index (χ4n) is 5.65. The van der Waals surface area contributed by atoms with Gasteiger partial charge in [-0.2, -0.15) is 0 Å². The van der Waals surface area contributed by atoms with E-state index in [0.717, 1.165) is 11.4 Å². The maximum atomic E-state index is 4.45. The molecule has 1 heteroatoms. The van der Waals surface area contributed by atoms with E-state index in [2.05, 4.69) is 161 Å². The summed E-state index contributed by atoms with van der Waals surface area (Å²) in [7, 11) is 0. The van der Waals surface area contributed by atoms with Crippen molar-refractivity contribution >= 4 is 11.3 Å². The van der Waals surface area contributed by atoms with Crippen LogP contribution in [0.25, 0.3) is 5.57 Å². The normalized spacial score (nSPS) is 16.5. The van der Waals surface area contributed by atoms with Gasteiger partial charge >= 0.3 is 0 Å². The monoisotopic (exact) mass is 481 g/mol. The topological polar surface area (TPSA) is 12.0 Å². The van der Waals surface area contributed by atoms with E-state index in [1.165, 1.54) is 39.0 Å². The van der Waals surface area contributed by atoms with Gasteiger partial charge in [-0.05, 0) is 69.5 Å². The van der Waals surface area contributed by atoms with E-state index in [-0.39, 0.29) is 5.41 Å². The molecule has 0 atom stereocenters. The van der Waals surface area contributed by atoms with Crippen LogP contribution in [0.15, 0.2) is 139 Å². The van der Waals surface area contributed by atoms with Gasteiger partial charge in [0.1, 0.15) is 0 Å². The van der Waals surface area contributed by atoms with E-state index in [1.807, 2.05) is 0 Å². The van der Waals surface area contributed by atoms with Gasteiger partial charge < -0.3 is 5.32 Å². The van der Waals surface area contributed by atoms with Gasteiger partial charge in [0.25, 0.3) is 0 Å². The first kappa shape index (κ1) is 24.6. The summed E-state index contributed by atoms with van der Waals surface area (Å²) in [5.41, 5.74) is 10.4. The highest BCUT2D eigenvalue weighted by Gasteiger charge is 2.47. The first-order chi connectivity index (χ1) is 17.9.